The molecule has 3 aromatic rings. The highest BCUT2D eigenvalue weighted by atomic mass is 35.5. The monoisotopic (exact) mass is 425 g/mol. The van der Waals surface area contributed by atoms with Gasteiger partial charge in [-0.1, -0.05) is 17.7 Å². The lowest BCUT2D eigenvalue weighted by molar-refractivity contribution is 0.0484. The molecule has 8 heteroatoms. The van der Waals surface area contributed by atoms with Gasteiger partial charge in [0.25, 0.3) is 5.91 Å². The fourth-order valence-corrected chi connectivity index (χ4v) is 3.96. The van der Waals surface area contributed by atoms with Crippen molar-refractivity contribution in [3.8, 4) is 17.0 Å². The molecule has 0 unspecified atom stereocenters. The van der Waals surface area contributed by atoms with Crippen LogP contribution in [0.1, 0.15) is 17.3 Å². The number of hydrogen-bond donors (Lipinski definition) is 2. The standard InChI is InChI=1S/C22H20ClN3O4/c1-13-12-25(22(29)30)8-9-26(13)21(28)15-4-7-17-18(23)11-19(24-20(17)10-15)14-2-5-16(27)6-3-14/h2-7,10-11,13,27H,8-9,12H2,1H3,(H,29,30)/t13-/m0/s1. The molecule has 1 saturated heterocycles. The van der Waals surface area contributed by atoms with Crippen molar-refractivity contribution in [3.05, 3.63) is 59.1 Å². The van der Waals surface area contributed by atoms with Crippen molar-refractivity contribution in [2.24, 2.45) is 0 Å². The number of carbonyl (C=O) groups excluding carboxylic acids is 1. The minimum Gasteiger partial charge on any atom is -0.508 e. The van der Waals surface area contributed by atoms with E-state index in [4.69, 9.17) is 16.7 Å². The fourth-order valence-electron chi connectivity index (χ4n) is 3.70. The molecule has 1 aliphatic heterocycles. The summed E-state index contributed by atoms with van der Waals surface area (Å²) in [5.41, 5.74) is 2.50. The molecule has 0 aliphatic carbocycles. The Morgan fingerprint density at radius 3 is 2.50 bits per heavy atom. The molecule has 7 nitrogen and oxygen atoms in total. The quantitative estimate of drug-likeness (QED) is 0.645. The van der Waals surface area contributed by atoms with Crippen LogP contribution in [0, 0.1) is 0 Å². The molecular formula is C22H20ClN3O4. The van der Waals surface area contributed by atoms with Gasteiger partial charge in [0.05, 0.1) is 16.2 Å². The number of carbonyl (C=O) groups is 2. The van der Waals surface area contributed by atoms with Gasteiger partial charge in [0, 0.05) is 42.2 Å². The molecule has 2 N–H and O–H groups in total. The Balaban J connectivity index is 1.66. The first kappa shape index (κ1) is 20.0. The van der Waals surface area contributed by atoms with E-state index in [0.717, 1.165) is 10.9 Å². The lowest BCUT2D eigenvalue weighted by atomic mass is 10.1. The first-order chi connectivity index (χ1) is 14.3. The van der Waals surface area contributed by atoms with Crippen molar-refractivity contribution in [2.45, 2.75) is 13.0 Å². The van der Waals surface area contributed by atoms with Crippen molar-refractivity contribution >= 4 is 34.5 Å². The molecule has 30 heavy (non-hydrogen) atoms. The van der Waals surface area contributed by atoms with E-state index in [1.165, 1.54) is 4.90 Å². The molecule has 2 amide bonds. The summed E-state index contributed by atoms with van der Waals surface area (Å²) in [6.07, 6.45) is -0.972. The lowest BCUT2D eigenvalue weighted by Gasteiger charge is -2.38. The number of phenolic OH excluding ortho intramolecular Hbond substituents is 1. The van der Waals surface area contributed by atoms with Gasteiger partial charge in [-0.15, -0.1) is 0 Å². The van der Waals surface area contributed by atoms with Crippen LogP contribution in [0.3, 0.4) is 0 Å². The molecule has 0 saturated carbocycles. The number of aromatic nitrogens is 1. The summed E-state index contributed by atoms with van der Waals surface area (Å²) in [4.78, 5) is 31.9. The second-order valence-corrected chi connectivity index (χ2v) is 7.75. The van der Waals surface area contributed by atoms with Crippen molar-refractivity contribution in [2.75, 3.05) is 19.6 Å². The molecule has 1 aliphatic rings. The minimum absolute atomic E-state index is 0.163. The highest BCUT2D eigenvalue weighted by molar-refractivity contribution is 6.35. The Hall–Kier alpha value is -3.32. The maximum atomic E-state index is 13.1. The normalized spacial score (nSPS) is 16.7. The average molecular weight is 426 g/mol. The number of phenols is 1. The number of halogens is 1. The second kappa shape index (κ2) is 7.84. The summed E-state index contributed by atoms with van der Waals surface area (Å²) < 4.78 is 0. The summed E-state index contributed by atoms with van der Waals surface area (Å²) in [5.74, 6) is -0.00182. The van der Waals surface area contributed by atoms with E-state index in [9.17, 15) is 14.7 Å². The van der Waals surface area contributed by atoms with E-state index in [0.29, 0.717) is 28.3 Å². The number of nitrogens with zero attached hydrogens (tertiary/aromatic N) is 3. The Kier molecular flexibility index (Phi) is 5.22. The van der Waals surface area contributed by atoms with Crippen LogP contribution in [0.25, 0.3) is 22.2 Å². The highest BCUT2D eigenvalue weighted by Crippen LogP contribution is 2.30. The number of benzene rings is 2. The molecule has 1 fully saturated rings. The smallest absolute Gasteiger partial charge is 0.407 e. The predicted octanol–water partition coefficient (Wildman–Crippen LogP) is 4.09. The molecule has 0 bridgehead atoms. The van der Waals surface area contributed by atoms with Crippen molar-refractivity contribution in [1.82, 2.24) is 14.8 Å². The van der Waals surface area contributed by atoms with Gasteiger partial charge in [-0.05, 0) is 49.4 Å². The van der Waals surface area contributed by atoms with Crippen LogP contribution < -0.4 is 0 Å². The average Bonchev–Trinajstić information content (AvgIpc) is 2.73. The van der Waals surface area contributed by atoms with Crippen LogP contribution in [0.2, 0.25) is 5.02 Å². The topological polar surface area (TPSA) is 94.0 Å². The van der Waals surface area contributed by atoms with Crippen molar-refractivity contribution < 1.29 is 19.8 Å². The maximum Gasteiger partial charge on any atom is 0.407 e. The van der Waals surface area contributed by atoms with E-state index in [1.807, 2.05) is 6.92 Å². The number of amides is 2. The van der Waals surface area contributed by atoms with Crippen LogP contribution in [-0.4, -0.2) is 62.7 Å². The SMILES string of the molecule is C[C@H]1CN(C(=O)O)CCN1C(=O)c1ccc2c(Cl)cc(-c3ccc(O)cc3)nc2c1. The van der Waals surface area contributed by atoms with Gasteiger partial charge >= 0.3 is 6.09 Å². The largest absolute Gasteiger partial charge is 0.508 e. The van der Waals surface area contributed by atoms with Gasteiger partial charge < -0.3 is 20.0 Å². The number of carboxylic acid groups (broad SMARTS) is 1. The molecule has 154 valence electrons. The Labute approximate surface area is 178 Å². The van der Waals surface area contributed by atoms with Crippen molar-refractivity contribution in [1.29, 1.82) is 0 Å². The summed E-state index contributed by atoms with van der Waals surface area (Å²) in [7, 11) is 0. The van der Waals surface area contributed by atoms with Gasteiger partial charge in [0.2, 0.25) is 0 Å². The van der Waals surface area contributed by atoms with E-state index in [2.05, 4.69) is 4.98 Å². The van der Waals surface area contributed by atoms with Gasteiger partial charge in [-0.25, -0.2) is 9.78 Å². The van der Waals surface area contributed by atoms with Crippen LogP contribution in [0.4, 0.5) is 4.79 Å². The van der Waals surface area contributed by atoms with Crippen molar-refractivity contribution in [3.63, 3.8) is 0 Å². The molecule has 1 atom stereocenters. The zero-order valence-electron chi connectivity index (χ0n) is 16.2. The molecule has 1 aromatic heterocycles. The first-order valence-corrected chi connectivity index (χ1v) is 9.90. The van der Waals surface area contributed by atoms with E-state index in [-0.39, 0.29) is 30.8 Å². The van der Waals surface area contributed by atoms with E-state index >= 15 is 0 Å². The number of rotatable bonds is 2. The van der Waals surface area contributed by atoms with Gasteiger partial charge in [-0.3, -0.25) is 4.79 Å². The summed E-state index contributed by atoms with van der Waals surface area (Å²) >= 11 is 6.45. The van der Waals surface area contributed by atoms with Crippen LogP contribution >= 0.6 is 11.6 Å². The number of pyridine rings is 1. The zero-order chi connectivity index (χ0) is 21.4. The molecular weight excluding hydrogens is 406 g/mol. The van der Waals surface area contributed by atoms with E-state index < -0.39 is 6.09 Å². The number of piperazine rings is 1. The van der Waals surface area contributed by atoms with Crippen LogP contribution in [-0.2, 0) is 0 Å². The highest BCUT2D eigenvalue weighted by Gasteiger charge is 2.30. The molecule has 0 spiro atoms. The third-order valence-electron chi connectivity index (χ3n) is 5.33. The predicted molar refractivity (Wildman–Crippen MR) is 114 cm³/mol. The van der Waals surface area contributed by atoms with Gasteiger partial charge in [0.1, 0.15) is 5.75 Å². The molecule has 2 aromatic carbocycles. The summed E-state index contributed by atoms with van der Waals surface area (Å²) in [5, 5.41) is 19.9. The number of fused-ring (bicyclic) bond motifs is 1. The lowest BCUT2D eigenvalue weighted by Crippen LogP contribution is -2.55. The fraction of sp³-hybridized carbons (Fsp3) is 0.227. The molecule has 4 rings (SSSR count). The first-order valence-electron chi connectivity index (χ1n) is 9.52. The second-order valence-electron chi connectivity index (χ2n) is 7.34. The molecule has 0 radical (unpaired) electrons. The number of aromatic hydroxyl groups is 1. The summed E-state index contributed by atoms with van der Waals surface area (Å²) in [6.45, 7) is 2.75. The molecule has 2 heterocycles. The van der Waals surface area contributed by atoms with Crippen LogP contribution in [0.5, 0.6) is 5.75 Å². The third kappa shape index (κ3) is 3.76. The van der Waals surface area contributed by atoms with E-state index in [1.54, 1.807) is 53.4 Å². The van der Waals surface area contributed by atoms with Crippen LogP contribution in [0.15, 0.2) is 48.5 Å². The Morgan fingerprint density at radius 2 is 1.83 bits per heavy atom. The number of hydrogen-bond acceptors (Lipinski definition) is 4. The minimum atomic E-state index is -0.972. The van der Waals surface area contributed by atoms with Gasteiger partial charge in [0.15, 0.2) is 0 Å². The maximum absolute atomic E-state index is 13.1. The third-order valence-corrected chi connectivity index (χ3v) is 5.64. The Bertz CT molecular complexity index is 1130. The van der Waals surface area contributed by atoms with Gasteiger partial charge in [-0.2, -0.15) is 0 Å². The zero-order valence-corrected chi connectivity index (χ0v) is 17.0. The summed E-state index contributed by atoms with van der Waals surface area (Å²) in [6, 6.07) is 13.4. The Morgan fingerprint density at radius 1 is 1.10 bits per heavy atom.